The van der Waals surface area contributed by atoms with Gasteiger partial charge in [-0.25, -0.2) is 0 Å². The Morgan fingerprint density at radius 1 is 0.886 bits per heavy atom. The maximum absolute atomic E-state index is 13.4. The zero-order valence-corrected chi connectivity index (χ0v) is 20.7. The molecule has 2 aromatic rings. The van der Waals surface area contributed by atoms with E-state index in [4.69, 9.17) is 11.6 Å². The van der Waals surface area contributed by atoms with Crippen LogP contribution in [0.25, 0.3) is 0 Å². The second-order valence-corrected chi connectivity index (χ2v) is 9.75. The number of carbonyl (C=O) groups excluding carboxylic acids is 2. The van der Waals surface area contributed by atoms with Crippen LogP contribution in [0.15, 0.2) is 59.7 Å². The fraction of sp³-hybridized carbons (Fsp3) is 0.370. The molecule has 0 bridgehead atoms. The highest BCUT2D eigenvalue weighted by Crippen LogP contribution is 2.35. The van der Waals surface area contributed by atoms with Crippen LogP contribution in [0.3, 0.4) is 0 Å². The van der Waals surface area contributed by atoms with Gasteiger partial charge in [-0.2, -0.15) is 0 Å². The molecule has 1 aliphatic carbocycles. The van der Waals surface area contributed by atoms with E-state index in [9.17, 15) is 19.5 Å². The van der Waals surface area contributed by atoms with E-state index in [1.807, 2.05) is 38.1 Å². The first kappa shape index (κ1) is 24.8. The van der Waals surface area contributed by atoms with Crippen LogP contribution in [0.5, 0.6) is 0 Å². The molecule has 7 nitrogen and oxygen atoms in total. The Morgan fingerprint density at radius 2 is 1.49 bits per heavy atom. The lowest BCUT2D eigenvalue weighted by Gasteiger charge is -2.36. The number of para-hydroxylation sites is 1. The van der Waals surface area contributed by atoms with Gasteiger partial charge >= 0.3 is 5.97 Å². The first-order chi connectivity index (χ1) is 16.7. The number of hydrogen-bond acceptors (Lipinski definition) is 4. The summed E-state index contributed by atoms with van der Waals surface area (Å²) in [6.07, 6.45) is 0.759. The first-order valence-corrected chi connectivity index (χ1v) is 12.2. The van der Waals surface area contributed by atoms with E-state index in [1.54, 1.807) is 29.2 Å². The third-order valence-electron chi connectivity index (χ3n) is 7.09. The molecule has 35 heavy (non-hydrogen) atoms. The molecule has 0 aromatic heterocycles. The molecule has 2 aromatic carbocycles. The standard InChI is InChI=1S/C27H30ClN3O4/c1-17-15-22(23(27(34)35)16-18(17)2)25(32)29-24-6-4-3-5-21(24)26(33)31-13-11-30(12-14-31)20-9-7-19(28)8-10-20/h3-10,22-23H,11-16H2,1-2H3,(H,29,32)(H,34,35)/t22-,23+/m0/s1. The predicted molar refractivity (Wildman–Crippen MR) is 137 cm³/mol. The molecule has 8 heteroatoms. The van der Waals surface area contributed by atoms with E-state index in [0.29, 0.717) is 55.3 Å². The molecule has 2 aliphatic rings. The first-order valence-electron chi connectivity index (χ1n) is 11.8. The van der Waals surface area contributed by atoms with Gasteiger partial charge in [0.05, 0.1) is 23.1 Å². The maximum Gasteiger partial charge on any atom is 0.307 e. The number of carboxylic acids is 1. The van der Waals surface area contributed by atoms with Crippen molar-refractivity contribution in [3.63, 3.8) is 0 Å². The van der Waals surface area contributed by atoms with Crippen LogP contribution in [-0.2, 0) is 9.59 Å². The molecule has 2 N–H and O–H groups in total. The van der Waals surface area contributed by atoms with Crippen molar-refractivity contribution in [3.05, 3.63) is 70.3 Å². The highest BCUT2D eigenvalue weighted by atomic mass is 35.5. The van der Waals surface area contributed by atoms with Gasteiger partial charge in [0, 0.05) is 36.9 Å². The summed E-state index contributed by atoms with van der Waals surface area (Å²) in [5.41, 5.74) is 3.96. The van der Waals surface area contributed by atoms with Gasteiger partial charge in [-0.3, -0.25) is 14.4 Å². The molecule has 0 spiro atoms. The molecule has 0 saturated carbocycles. The molecule has 0 unspecified atom stereocenters. The number of hydrogen-bond donors (Lipinski definition) is 2. The van der Waals surface area contributed by atoms with Gasteiger partial charge < -0.3 is 20.2 Å². The monoisotopic (exact) mass is 495 g/mol. The number of carboxylic acid groups (broad SMARTS) is 1. The van der Waals surface area contributed by atoms with E-state index in [1.165, 1.54) is 0 Å². The minimum atomic E-state index is -0.972. The van der Waals surface area contributed by atoms with Gasteiger partial charge in [0.15, 0.2) is 0 Å². The van der Waals surface area contributed by atoms with E-state index in [2.05, 4.69) is 10.2 Å². The molecule has 0 radical (unpaired) electrons. The number of piperazine rings is 1. The summed E-state index contributed by atoms with van der Waals surface area (Å²) < 4.78 is 0. The lowest BCUT2D eigenvalue weighted by Crippen LogP contribution is -2.49. The number of halogens is 1. The molecule has 1 fully saturated rings. The molecular weight excluding hydrogens is 466 g/mol. The maximum atomic E-state index is 13.4. The third kappa shape index (κ3) is 5.51. The highest BCUT2D eigenvalue weighted by Gasteiger charge is 2.37. The lowest BCUT2D eigenvalue weighted by molar-refractivity contribution is -0.146. The van der Waals surface area contributed by atoms with Gasteiger partial charge in [0.25, 0.3) is 5.91 Å². The minimum absolute atomic E-state index is 0.151. The Labute approximate surface area is 210 Å². The second-order valence-electron chi connectivity index (χ2n) is 9.31. The van der Waals surface area contributed by atoms with Crippen molar-refractivity contribution in [3.8, 4) is 0 Å². The molecule has 1 heterocycles. The molecule has 1 saturated heterocycles. The Kier molecular flexibility index (Phi) is 7.45. The van der Waals surface area contributed by atoms with Crippen LogP contribution in [0, 0.1) is 11.8 Å². The summed E-state index contributed by atoms with van der Waals surface area (Å²) in [6.45, 7) is 6.34. The zero-order chi connectivity index (χ0) is 25.1. The van der Waals surface area contributed by atoms with E-state index in [0.717, 1.165) is 16.8 Å². The number of anilines is 2. The second kappa shape index (κ2) is 10.5. The molecule has 184 valence electrons. The van der Waals surface area contributed by atoms with Gasteiger partial charge in [-0.15, -0.1) is 0 Å². The number of carbonyl (C=O) groups is 3. The number of aliphatic carboxylic acids is 1. The van der Waals surface area contributed by atoms with Crippen LogP contribution < -0.4 is 10.2 Å². The van der Waals surface area contributed by atoms with Crippen molar-refractivity contribution < 1.29 is 19.5 Å². The van der Waals surface area contributed by atoms with Gasteiger partial charge in [0.1, 0.15) is 0 Å². The smallest absolute Gasteiger partial charge is 0.307 e. The Balaban J connectivity index is 1.45. The SMILES string of the molecule is CC1=C(C)C[C@@H](C(=O)O)[C@@H](C(=O)Nc2ccccc2C(=O)N2CCN(c3ccc(Cl)cc3)CC2)C1. The predicted octanol–water partition coefficient (Wildman–Crippen LogP) is 4.69. The van der Waals surface area contributed by atoms with Crippen LogP contribution >= 0.6 is 11.6 Å². The Bertz CT molecular complexity index is 1150. The van der Waals surface area contributed by atoms with E-state index in [-0.39, 0.29) is 11.8 Å². The summed E-state index contributed by atoms with van der Waals surface area (Å²) in [4.78, 5) is 42.4. The average molecular weight is 496 g/mol. The number of benzene rings is 2. The van der Waals surface area contributed by atoms with Crippen molar-refractivity contribution in [1.82, 2.24) is 4.90 Å². The number of rotatable bonds is 5. The molecular formula is C27H30ClN3O4. The van der Waals surface area contributed by atoms with Crippen molar-refractivity contribution in [2.45, 2.75) is 26.7 Å². The topological polar surface area (TPSA) is 89.9 Å². The van der Waals surface area contributed by atoms with Crippen LogP contribution in [0.2, 0.25) is 5.02 Å². The summed E-state index contributed by atoms with van der Waals surface area (Å²) in [5, 5.41) is 13.2. The molecule has 2 atom stereocenters. The molecule has 2 amide bonds. The van der Waals surface area contributed by atoms with Crippen molar-refractivity contribution in [1.29, 1.82) is 0 Å². The van der Waals surface area contributed by atoms with Gasteiger partial charge in [-0.1, -0.05) is 34.9 Å². The van der Waals surface area contributed by atoms with Gasteiger partial charge in [-0.05, 0) is 63.1 Å². The van der Waals surface area contributed by atoms with Crippen LogP contribution in [0.4, 0.5) is 11.4 Å². The van der Waals surface area contributed by atoms with E-state index >= 15 is 0 Å². The summed E-state index contributed by atoms with van der Waals surface area (Å²) >= 11 is 5.99. The fourth-order valence-corrected chi connectivity index (χ4v) is 4.95. The largest absolute Gasteiger partial charge is 0.481 e. The third-order valence-corrected chi connectivity index (χ3v) is 7.35. The Hall–Kier alpha value is -3.32. The summed E-state index contributed by atoms with van der Waals surface area (Å²) in [5.74, 6) is -2.94. The molecule has 1 aliphatic heterocycles. The minimum Gasteiger partial charge on any atom is -0.481 e. The zero-order valence-electron chi connectivity index (χ0n) is 20.0. The van der Waals surface area contributed by atoms with Crippen LogP contribution in [-0.4, -0.2) is 54.0 Å². The number of nitrogens with zero attached hydrogens (tertiary/aromatic N) is 2. The summed E-state index contributed by atoms with van der Waals surface area (Å²) in [7, 11) is 0. The number of amides is 2. The molecule has 4 rings (SSSR count). The van der Waals surface area contributed by atoms with E-state index < -0.39 is 17.8 Å². The van der Waals surface area contributed by atoms with Crippen LogP contribution in [0.1, 0.15) is 37.0 Å². The average Bonchev–Trinajstić information content (AvgIpc) is 2.85. The van der Waals surface area contributed by atoms with Crippen molar-refractivity contribution in [2.24, 2.45) is 11.8 Å². The van der Waals surface area contributed by atoms with Crippen molar-refractivity contribution >= 4 is 40.8 Å². The van der Waals surface area contributed by atoms with Gasteiger partial charge in [0.2, 0.25) is 5.91 Å². The Morgan fingerprint density at radius 3 is 2.11 bits per heavy atom. The quantitative estimate of drug-likeness (QED) is 0.587. The normalized spacial score (nSPS) is 20.5. The number of allylic oxidation sites excluding steroid dienone is 2. The number of nitrogens with one attached hydrogen (secondary N) is 1. The summed E-state index contributed by atoms with van der Waals surface area (Å²) in [6, 6.07) is 14.6. The highest BCUT2D eigenvalue weighted by molar-refractivity contribution is 6.30. The van der Waals surface area contributed by atoms with Crippen molar-refractivity contribution in [2.75, 3.05) is 36.4 Å². The fourth-order valence-electron chi connectivity index (χ4n) is 4.82. The lowest BCUT2D eigenvalue weighted by atomic mass is 9.76.